The molecule has 25 heavy (non-hydrogen) atoms. The molecule has 3 aliphatic rings. The van der Waals surface area contributed by atoms with Crippen molar-refractivity contribution >= 4 is 0 Å². The van der Waals surface area contributed by atoms with Crippen molar-refractivity contribution in [2.24, 2.45) is 0 Å². The Hall–Kier alpha value is -2.08. The SMILES string of the molecule is c1cc2c(cc1[C@@H]1CCCN1Cc1nc(C3CC3)no1)OCCCO2. The second kappa shape index (κ2) is 6.33. The van der Waals surface area contributed by atoms with Crippen molar-refractivity contribution in [3.8, 4) is 11.5 Å². The molecule has 2 fully saturated rings. The molecule has 0 N–H and O–H groups in total. The van der Waals surface area contributed by atoms with E-state index in [1.807, 2.05) is 6.07 Å². The highest BCUT2D eigenvalue weighted by Gasteiger charge is 2.31. The molecule has 1 aliphatic carbocycles. The molecule has 2 aliphatic heterocycles. The third-order valence-corrected chi connectivity index (χ3v) is 5.28. The highest BCUT2D eigenvalue weighted by atomic mass is 16.5. The first-order valence-corrected chi connectivity index (χ1v) is 9.33. The minimum Gasteiger partial charge on any atom is -0.490 e. The molecule has 2 aromatic rings. The Morgan fingerprint density at radius 3 is 2.80 bits per heavy atom. The van der Waals surface area contributed by atoms with Gasteiger partial charge in [0.2, 0.25) is 5.89 Å². The van der Waals surface area contributed by atoms with Gasteiger partial charge in [0.25, 0.3) is 0 Å². The zero-order valence-corrected chi connectivity index (χ0v) is 14.3. The third kappa shape index (κ3) is 3.11. The van der Waals surface area contributed by atoms with Crippen LogP contribution in [0.25, 0.3) is 0 Å². The van der Waals surface area contributed by atoms with Crippen LogP contribution in [0.1, 0.15) is 61.3 Å². The van der Waals surface area contributed by atoms with Crippen molar-refractivity contribution in [3.63, 3.8) is 0 Å². The number of hydrogen-bond donors (Lipinski definition) is 0. The van der Waals surface area contributed by atoms with Gasteiger partial charge in [-0.3, -0.25) is 4.90 Å². The molecule has 1 aromatic carbocycles. The van der Waals surface area contributed by atoms with Crippen LogP contribution in [0.3, 0.4) is 0 Å². The van der Waals surface area contributed by atoms with Gasteiger partial charge < -0.3 is 14.0 Å². The van der Waals surface area contributed by atoms with Gasteiger partial charge in [0.1, 0.15) is 0 Å². The van der Waals surface area contributed by atoms with Crippen LogP contribution in [0, 0.1) is 0 Å². The number of nitrogens with zero attached hydrogens (tertiary/aromatic N) is 3. The molecule has 5 rings (SSSR count). The second-order valence-corrected chi connectivity index (χ2v) is 7.21. The molecular formula is C19H23N3O3. The average Bonchev–Trinajstić information content (AvgIpc) is 3.29. The van der Waals surface area contributed by atoms with Crippen molar-refractivity contribution < 1.29 is 14.0 Å². The number of likely N-dealkylation sites (tertiary alicyclic amines) is 1. The molecule has 0 radical (unpaired) electrons. The lowest BCUT2D eigenvalue weighted by molar-refractivity contribution is 0.211. The lowest BCUT2D eigenvalue weighted by atomic mass is 10.0. The first-order chi connectivity index (χ1) is 12.4. The molecule has 1 saturated heterocycles. The minimum absolute atomic E-state index is 0.369. The van der Waals surface area contributed by atoms with E-state index in [0.29, 0.717) is 12.0 Å². The molecule has 6 nitrogen and oxygen atoms in total. The highest BCUT2D eigenvalue weighted by Crippen LogP contribution is 2.40. The summed E-state index contributed by atoms with van der Waals surface area (Å²) in [5.41, 5.74) is 1.28. The molecule has 0 bridgehead atoms. The standard InChI is InChI=1S/C19H23N3O3/c1-3-15(14-6-7-16-17(11-14)24-10-2-9-23-16)22(8-1)12-18-20-19(21-25-18)13-4-5-13/h6-7,11,13,15H,1-5,8-10,12H2/t15-/m0/s1. The molecule has 0 spiro atoms. The van der Waals surface area contributed by atoms with Gasteiger partial charge in [-0.15, -0.1) is 0 Å². The quantitative estimate of drug-likeness (QED) is 0.849. The maximum Gasteiger partial charge on any atom is 0.240 e. The maximum atomic E-state index is 5.85. The van der Waals surface area contributed by atoms with Crippen LogP contribution >= 0.6 is 0 Å². The Balaban J connectivity index is 1.34. The molecule has 1 atom stereocenters. The van der Waals surface area contributed by atoms with E-state index in [1.54, 1.807) is 0 Å². The van der Waals surface area contributed by atoms with E-state index >= 15 is 0 Å². The largest absolute Gasteiger partial charge is 0.490 e. The van der Waals surface area contributed by atoms with Gasteiger partial charge in [-0.05, 0) is 49.9 Å². The van der Waals surface area contributed by atoms with Crippen LogP contribution in [0.5, 0.6) is 11.5 Å². The topological polar surface area (TPSA) is 60.6 Å². The Morgan fingerprint density at radius 1 is 1.04 bits per heavy atom. The second-order valence-electron chi connectivity index (χ2n) is 7.21. The fourth-order valence-electron chi connectivity index (χ4n) is 3.79. The van der Waals surface area contributed by atoms with Gasteiger partial charge >= 0.3 is 0 Å². The van der Waals surface area contributed by atoms with E-state index in [1.165, 1.54) is 24.8 Å². The van der Waals surface area contributed by atoms with Gasteiger partial charge in [0, 0.05) is 18.4 Å². The fourth-order valence-corrected chi connectivity index (χ4v) is 3.79. The summed E-state index contributed by atoms with van der Waals surface area (Å²) in [6.45, 7) is 3.22. The van der Waals surface area contributed by atoms with Gasteiger partial charge in [-0.1, -0.05) is 11.2 Å². The lowest BCUT2D eigenvalue weighted by Crippen LogP contribution is -2.23. The summed E-state index contributed by atoms with van der Waals surface area (Å²) in [4.78, 5) is 7.02. The number of hydrogen-bond acceptors (Lipinski definition) is 6. The van der Waals surface area contributed by atoms with E-state index in [9.17, 15) is 0 Å². The Bertz CT molecular complexity index is 756. The van der Waals surface area contributed by atoms with Crippen LogP contribution in [-0.4, -0.2) is 34.8 Å². The van der Waals surface area contributed by atoms with Crippen LogP contribution in [-0.2, 0) is 6.54 Å². The summed E-state index contributed by atoms with van der Waals surface area (Å²) in [6, 6.07) is 6.73. The zero-order chi connectivity index (χ0) is 16.6. The molecular weight excluding hydrogens is 318 g/mol. The zero-order valence-electron chi connectivity index (χ0n) is 14.3. The number of benzene rings is 1. The Morgan fingerprint density at radius 2 is 1.92 bits per heavy atom. The number of aromatic nitrogens is 2. The summed E-state index contributed by atoms with van der Waals surface area (Å²) in [5.74, 6) is 3.89. The highest BCUT2D eigenvalue weighted by molar-refractivity contribution is 5.44. The van der Waals surface area contributed by atoms with Gasteiger partial charge in [-0.2, -0.15) is 4.98 Å². The van der Waals surface area contributed by atoms with E-state index in [-0.39, 0.29) is 0 Å². The summed E-state index contributed by atoms with van der Waals surface area (Å²) in [5, 5.41) is 4.14. The third-order valence-electron chi connectivity index (χ3n) is 5.28. The van der Waals surface area contributed by atoms with Crippen molar-refractivity contribution in [2.45, 2.75) is 50.6 Å². The van der Waals surface area contributed by atoms with Crippen LogP contribution in [0.15, 0.2) is 22.7 Å². The molecule has 6 heteroatoms. The van der Waals surface area contributed by atoms with Crippen LogP contribution in [0.4, 0.5) is 0 Å². The molecule has 132 valence electrons. The average molecular weight is 341 g/mol. The van der Waals surface area contributed by atoms with Crippen molar-refractivity contribution in [2.75, 3.05) is 19.8 Å². The normalized spacial score (nSPS) is 23.6. The fraction of sp³-hybridized carbons (Fsp3) is 0.579. The summed E-state index contributed by atoms with van der Waals surface area (Å²) < 4.78 is 17.1. The van der Waals surface area contributed by atoms with Gasteiger partial charge in [-0.25, -0.2) is 0 Å². The predicted molar refractivity (Wildman–Crippen MR) is 90.7 cm³/mol. The van der Waals surface area contributed by atoms with E-state index in [2.05, 4.69) is 27.2 Å². The van der Waals surface area contributed by atoms with Crippen LogP contribution in [0.2, 0.25) is 0 Å². The Kier molecular flexibility index (Phi) is 3.85. The number of fused-ring (bicyclic) bond motifs is 1. The molecule has 1 saturated carbocycles. The molecule has 3 heterocycles. The van der Waals surface area contributed by atoms with E-state index in [4.69, 9.17) is 14.0 Å². The molecule has 1 aromatic heterocycles. The maximum absolute atomic E-state index is 5.85. The van der Waals surface area contributed by atoms with Crippen molar-refractivity contribution in [1.29, 1.82) is 0 Å². The summed E-state index contributed by atoms with van der Waals surface area (Å²) >= 11 is 0. The van der Waals surface area contributed by atoms with Gasteiger partial charge in [0.05, 0.1) is 19.8 Å². The first kappa shape index (κ1) is 15.2. The summed E-state index contributed by atoms with van der Waals surface area (Å²) in [7, 11) is 0. The number of ether oxygens (including phenoxy) is 2. The Labute approximate surface area is 147 Å². The van der Waals surface area contributed by atoms with Crippen molar-refractivity contribution in [3.05, 3.63) is 35.5 Å². The van der Waals surface area contributed by atoms with Gasteiger partial charge in [0.15, 0.2) is 17.3 Å². The van der Waals surface area contributed by atoms with E-state index in [0.717, 1.165) is 62.4 Å². The predicted octanol–water partition coefficient (Wildman–Crippen LogP) is 3.45. The van der Waals surface area contributed by atoms with E-state index < -0.39 is 0 Å². The van der Waals surface area contributed by atoms with Crippen LogP contribution < -0.4 is 9.47 Å². The van der Waals surface area contributed by atoms with Crippen molar-refractivity contribution in [1.82, 2.24) is 15.0 Å². The number of rotatable bonds is 4. The minimum atomic E-state index is 0.369. The lowest BCUT2D eigenvalue weighted by Gasteiger charge is -2.23. The molecule has 0 amide bonds. The molecule has 0 unspecified atom stereocenters. The monoisotopic (exact) mass is 341 g/mol. The summed E-state index contributed by atoms with van der Waals surface area (Å²) in [6.07, 6.45) is 5.65. The smallest absolute Gasteiger partial charge is 0.240 e. The first-order valence-electron chi connectivity index (χ1n) is 9.33.